The molecule has 1 aromatic rings. The lowest BCUT2D eigenvalue weighted by molar-refractivity contribution is 0.430. The van der Waals surface area contributed by atoms with Gasteiger partial charge in [0.1, 0.15) is 10.7 Å². The van der Waals surface area contributed by atoms with Gasteiger partial charge in [-0.2, -0.15) is 16.1 Å². The predicted octanol–water partition coefficient (Wildman–Crippen LogP) is 2.42. The van der Waals surface area contributed by atoms with E-state index in [-0.39, 0.29) is 4.90 Å². The van der Waals surface area contributed by atoms with Gasteiger partial charge in [0.2, 0.25) is 10.0 Å². The normalized spacial score (nSPS) is 21.4. The van der Waals surface area contributed by atoms with Crippen molar-refractivity contribution >= 4 is 37.7 Å². The smallest absolute Gasteiger partial charge is 0.247 e. The highest BCUT2D eigenvalue weighted by Crippen LogP contribution is 2.30. The van der Waals surface area contributed by atoms with Crippen molar-refractivity contribution in [1.29, 1.82) is 0 Å². The molecule has 1 saturated carbocycles. The molecule has 21 heavy (non-hydrogen) atoms. The fourth-order valence-corrected chi connectivity index (χ4v) is 5.74. The van der Waals surface area contributed by atoms with Crippen LogP contribution in [0.3, 0.4) is 0 Å². The summed E-state index contributed by atoms with van der Waals surface area (Å²) in [6.07, 6.45) is 3.28. The van der Waals surface area contributed by atoms with E-state index in [0.29, 0.717) is 36.1 Å². The van der Waals surface area contributed by atoms with Gasteiger partial charge in [0.05, 0.1) is 6.54 Å². The molecule has 2 heterocycles. The largest absolute Gasteiger partial charge is 0.452 e. The van der Waals surface area contributed by atoms with E-state index < -0.39 is 10.0 Å². The minimum absolute atomic E-state index is 0.252. The molecule has 1 N–H and O–H groups in total. The van der Waals surface area contributed by atoms with Gasteiger partial charge < -0.3 is 9.73 Å². The van der Waals surface area contributed by atoms with Crippen LogP contribution in [0.15, 0.2) is 20.0 Å². The Morgan fingerprint density at radius 1 is 1.38 bits per heavy atom. The quantitative estimate of drug-likeness (QED) is 0.830. The van der Waals surface area contributed by atoms with Crippen molar-refractivity contribution in [3.8, 4) is 0 Å². The Morgan fingerprint density at radius 2 is 2.19 bits per heavy atom. The van der Waals surface area contributed by atoms with Gasteiger partial charge in [0, 0.05) is 31.0 Å². The molecule has 0 spiro atoms. The second-order valence-corrected chi connectivity index (χ2v) is 9.23. The summed E-state index contributed by atoms with van der Waals surface area (Å²) in [6.45, 7) is 1.73. The van der Waals surface area contributed by atoms with E-state index in [1.165, 1.54) is 12.8 Å². The summed E-state index contributed by atoms with van der Waals surface area (Å²) in [4.78, 5) is 0.252. The molecule has 2 fully saturated rings. The SMILES string of the molecule is O=S(=O)(c1cc(CNC2CC2)oc1Br)N1CCCSCC1. The first-order valence-corrected chi connectivity index (χ1v) is 10.6. The predicted molar refractivity (Wildman–Crippen MR) is 87.0 cm³/mol. The topological polar surface area (TPSA) is 62.6 Å². The Balaban J connectivity index is 1.76. The molecule has 1 aromatic heterocycles. The molecule has 0 amide bonds. The van der Waals surface area contributed by atoms with E-state index in [9.17, 15) is 8.42 Å². The minimum Gasteiger partial charge on any atom is -0.452 e. The van der Waals surface area contributed by atoms with E-state index in [4.69, 9.17) is 4.42 Å². The standard InChI is InChI=1S/C13H19BrN2O3S2/c14-13-12(8-11(19-13)9-15-10-2-3-10)21(17,18)16-4-1-6-20-7-5-16/h8,10,15H,1-7,9H2. The molecular weight excluding hydrogens is 376 g/mol. The summed E-state index contributed by atoms with van der Waals surface area (Å²) in [5, 5.41) is 3.33. The van der Waals surface area contributed by atoms with Crippen molar-refractivity contribution in [3.63, 3.8) is 0 Å². The van der Waals surface area contributed by atoms with Crippen LogP contribution in [0.1, 0.15) is 25.0 Å². The van der Waals surface area contributed by atoms with Gasteiger partial charge in [-0.15, -0.1) is 0 Å². The van der Waals surface area contributed by atoms with Crippen LogP contribution in [-0.4, -0.2) is 43.4 Å². The summed E-state index contributed by atoms with van der Waals surface area (Å²) in [7, 11) is -3.47. The van der Waals surface area contributed by atoms with Crippen LogP contribution >= 0.6 is 27.7 Å². The zero-order chi connectivity index (χ0) is 14.9. The van der Waals surface area contributed by atoms with Crippen LogP contribution in [0.25, 0.3) is 0 Å². The average Bonchev–Trinajstić information content (AvgIpc) is 3.23. The highest BCUT2D eigenvalue weighted by atomic mass is 79.9. The maximum Gasteiger partial charge on any atom is 0.247 e. The number of nitrogens with zero attached hydrogens (tertiary/aromatic N) is 1. The van der Waals surface area contributed by atoms with Crippen LogP contribution in [0.2, 0.25) is 0 Å². The van der Waals surface area contributed by atoms with E-state index in [0.717, 1.165) is 17.9 Å². The zero-order valence-corrected chi connectivity index (χ0v) is 14.9. The van der Waals surface area contributed by atoms with E-state index in [2.05, 4.69) is 21.2 Å². The van der Waals surface area contributed by atoms with Crippen LogP contribution in [-0.2, 0) is 16.6 Å². The van der Waals surface area contributed by atoms with Crippen molar-refractivity contribution in [2.45, 2.75) is 36.7 Å². The van der Waals surface area contributed by atoms with Crippen molar-refractivity contribution in [1.82, 2.24) is 9.62 Å². The summed E-state index contributed by atoms with van der Waals surface area (Å²) >= 11 is 5.06. The lowest BCUT2D eigenvalue weighted by atomic mass is 10.4. The van der Waals surface area contributed by atoms with Crippen LogP contribution in [0, 0.1) is 0 Å². The molecular formula is C13H19BrN2O3S2. The summed E-state index contributed by atoms with van der Waals surface area (Å²) in [5.41, 5.74) is 0. The Morgan fingerprint density at radius 3 is 2.95 bits per heavy atom. The highest BCUT2D eigenvalue weighted by Gasteiger charge is 2.30. The molecule has 0 atom stereocenters. The number of hydrogen-bond acceptors (Lipinski definition) is 5. The maximum atomic E-state index is 12.7. The Hall–Kier alpha value is -0.0200. The number of halogens is 1. The molecule has 118 valence electrons. The summed E-state index contributed by atoms with van der Waals surface area (Å²) in [5.74, 6) is 2.54. The molecule has 0 radical (unpaired) electrons. The number of sulfonamides is 1. The van der Waals surface area contributed by atoms with Crippen molar-refractivity contribution in [3.05, 3.63) is 16.5 Å². The first-order valence-electron chi connectivity index (χ1n) is 7.17. The van der Waals surface area contributed by atoms with Gasteiger partial charge in [0.25, 0.3) is 0 Å². The molecule has 0 unspecified atom stereocenters. The van der Waals surface area contributed by atoms with Gasteiger partial charge in [-0.1, -0.05) is 0 Å². The Bertz CT molecular complexity index is 591. The average molecular weight is 395 g/mol. The number of furan rings is 1. The van der Waals surface area contributed by atoms with E-state index >= 15 is 0 Å². The summed E-state index contributed by atoms with van der Waals surface area (Å²) in [6, 6.07) is 2.21. The second-order valence-electron chi connectivity index (χ2n) is 5.38. The third-order valence-corrected chi connectivity index (χ3v) is 7.45. The van der Waals surface area contributed by atoms with Gasteiger partial charge >= 0.3 is 0 Å². The van der Waals surface area contributed by atoms with Gasteiger partial charge in [0.15, 0.2) is 4.67 Å². The molecule has 1 aliphatic carbocycles. The van der Waals surface area contributed by atoms with E-state index in [1.54, 1.807) is 10.4 Å². The summed E-state index contributed by atoms with van der Waals surface area (Å²) < 4.78 is 32.9. The number of rotatable bonds is 5. The third-order valence-electron chi connectivity index (χ3n) is 3.65. The maximum absolute atomic E-state index is 12.7. The minimum atomic E-state index is -3.47. The highest BCUT2D eigenvalue weighted by molar-refractivity contribution is 9.10. The van der Waals surface area contributed by atoms with Gasteiger partial charge in [-0.05, 0) is 40.9 Å². The first-order chi connectivity index (χ1) is 10.1. The van der Waals surface area contributed by atoms with Crippen LogP contribution in [0.4, 0.5) is 0 Å². The van der Waals surface area contributed by atoms with E-state index in [1.807, 2.05) is 11.8 Å². The zero-order valence-electron chi connectivity index (χ0n) is 11.7. The van der Waals surface area contributed by atoms with Gasteiger partial charge in [-0.3, -0.25) is 0 Å². The monoisotopic (exact) mass is 394 g/mol. The van der Waals surface area contributed by atoms with Crippen molar-refractivity contribution < 1.29 is 12.8 Å². The Labute approximate surface area is 138 Å². The number of nitrogens with one attached hydrogen (secondary N) is 1. The van der Waals surface area contributed by atoms with Gasteiger partial charge in [-0.25, -0.2) is 8.42 Å². The fraction of sp³-hybridized carbons (Fsp3) is 0.692. The molecule has 1 aliphatic heterocycles. The first kappa shape index (κ1) is 15.9. The number of thioether (sulfide) groups is 1. The molecule has 5 nitrogen and oxygen atoms in total. The Kier molecular flexibility index (Phi) is 5.00. The fourth-order valence-electron chi connectivity index (χ4n) is 2.30. The number of hydrogen-bond donors (Lipinski definition) is 1. The van der Waals surface area contributed by atoms with Crippen LogP contribution in [0.5, 0.6) is 0 Å². The molecule has 1 saturated heterocycles. The van der Waals surface area contributed by atoms with Crippen molar-refractivity contribution in [2.24, 2.45) is 0 Å². The molecule has 0 aromatic carbocycles. The van der Waals surface area contributed by atoms with Crippen LogP contribution < -0.4 is 5.32 Å². The molecule has 2 aliphatic rings. The molecule has 3 rings (SSSR count). The van der Waals surface area contributed by atoms with Crippen molar-refractivity contribution in [2.75, 3.05) is 24.6 Å². The lowest BCUT2D eigenvalue weighted by Gasteiger charge is -2.18. The third kappa shape index (κ3) is 3.85. The second kappa shape index (κ2) is 6.62. The molecule has 0 bridgehead atoms. The molecule has 8 heteroatoms. The lowest BCUT2D eigenvalue weighted by Crippen LogP contribution is -2.33.